The number of hydrogen-bond donors (Lipinski definition) is 1. The van der Waals surface area contributed by atoms with Crippen LogP contribution in [0.5, 0.6) is 0 Å². The van der Waals surface area contributed by atoms with Crippen LogP contribution >= 0.6 is 7.82 Å². The molecule has 1 unspecified atom stereocenters. The van der Waals surface area contributed by atoms with Gasteiger partial charge in [-0.25, -0.2) is 4.57 Å². The molecule has 0 bridgehead atoms. The van der Waals surface area contributed by atoms with Crippen molar-refractivity contribution in [1.29, 1.82) is 0 Å². The minimum absolute atomic E-state index is 0.0196. The molecule has 0 amide bonds. The van der Waals surface area contributed by atoms with Gasteiger partial charge < -0.3 is 28.6 Å². The molecule has 146 valence electrons. The van der Waals surface area contributed by atoms with Crippen molar-refractivity contribution in [3.63, 3.8) is 0 Å². The highest BCUT2D eigenvalue weighted by atomic mass is 31.2. The zero-order valence-electron chi connectivity index (χ0n) is 14.6. The number of hydrogen-bond acceptors (Lipinski definition) is 8. The molecule has 0 rings (SSSR count). The second kappa shape index (κ2) is 17.7. The summed E-state index contributed by atoms with van der Waals surface area (Å²) in [6.07, 6.45) is 1.01. The van der Waals surface area contributed by atoms with Crippen LogP contribution < -0.4 is 0 Å². The lowest BCUT2D eigenvalue weighted by Gasteiger charge is -2.09. The van der Waals surface area contributed by atoms with Gasteiger partial charge in [0.25, 0.3) is 0 Å². The molecule has 9 nitrogen and oxygen atoms in total. The van der Waals surface area contributed by atoms with Gasteiger partial charge in [-0.15, -0.1) is 0 Å². The standard InChI is InChI=1S/C14H31O9P/c1-3-4-18-5-6-19-7-8-20-9-10-21-11-12-22-13-14-23-24(15,16)17-2/h3-14H2,1-2H3,(H,15,16). The highest BCUT2D eigenvalue weighted by Gasteiger charge is 2.17. The number of rotatable bonds is 19. The van der Waals surface area contributed by atoms with E-state index in [4.69, 9.17) is 28.6 Å². The van der Waals surface area contributed by atoms with Crippen LogP contribution in [0.4, 0.5) is 0 Å². The SMILES string of the molecule is CCCOCCOCCOCCOCCOCCOP(=O)(O)OC. The Bertz CT molecular complexity index is 304. The van der Waals surface area contributed by atoms with E-state index in [1.807, 2.05) is 0 Å². The van der Waals surface area contributed by atoms with E-state index >= 15 is 0 Å². The van der Waals surface area contributed by atoms with Gasteiger partial charge in [0, 0.05) is 13.7 Å². The first-order chi connectivity index (χ1) is 11.6. The van der Waals surface area contributed by atoms with E-state index in [1.165, 1.54) is 0 Å². The summed E-state index contributed by atoms with van der Waals surface area (Å²) in [7, 11) is -2.81. The van der Waals surface area contributed by atoms with Crippen LogP contribution in [0.25, 0.3) is 0 Å². The van der Waals surface area contributed by atoms with Gasteiger partial charge in [0.15, 0.2) is 0 Å². The van der Waals surface area contributed by atoms with Gasteiger partial charge in [0.2, 0.25) is 0 Å². The fourth-order valence-corrected chi connectivity index (χ4v) is 1.80. The molecule has 1 N–H and O–H groups in total. The second-order valence-corrected chi connectivity index (χ2v) is 6.11. The molecule has 0 aromatic rings. The zero-order chi connectivity index (χ0) is 17.9. The molecule has 0 spiro atoms. The summed E-state index contributed by atoms with van der Waals surface area (Å²) in [5.74, 6) is 0. The number of ether oxygens (including phenoxy) is 5. The fraction of sp³-hybridized carbons (Fsp3) is 1.00. The van der Waals surface area contributed by atoms with Gasteiger partial charge in [-0.2, -0.15) is 0 Å². The van der Waals surface area contributed by atoms with Gasteiger partial charge in [0.1, 0.15) is 0 Å². The average molecular weight is 374 g/mol. The molecule has 1 atom stereocenters. The molecule has 0 aromatic heterocycles. The van der Waals surface area contributed by atoms with Crippen molar-refractivity contribution in [2.75, 3.05) is 79.8 Å². The highest BCUT2D eigenvalue weighted by molar-refractivity contribution is 7.47. The summed E-state index contributed by atoms with van der Waals surface area (Å²) in [5, 5.41) is 0. The Labute approximate surface area is 144 Å². The maximum atomic E-state index is 10.9. The first-order valence-electron chi connectivity index (χ1n) is 8.04. The quantitative estimate of drug-likeness (QED) is 0.264. The highest BCUT2D eigenvalue weighted by Crippen LogP contribution is 2.41. The van der Waals surface area contributed by atoms with Gasteiger partial charge in [0.05, 0.1) is 66.1 Å². The minimum Gasteiger partial charge on any atom is -0.379 e. The Morgan fingerprint density at radius 3 is 1.33 bits per heavy atom. The Hall–Kier alpha value is -0.0900. The first kappa shape index (κ1) is 23.9. The summed E-state index contributed by atoms with van der Waals surface area (Å²) in [5.41, 5.74) is 0. The van der Waals surface area contributed by atoms with Crippen LogP contribution in [0.15, 0.2) is 0 Å². The third-order valence-electron chi connectivity index (χ3n) is 2.55. The zero-order valence-corrected chi connectivity index (χ0v) is 15.5. The molecule has 0 aliphatic heterocycles. The molecule has 0 aliphatic rings. The lowest BCUT2D eigenvalue weighted by molar-refractivity contribution is -0.0133. The molecule has 0 radical (unpaired) electrons. The average Bonchev–Trinajstić information content (AvgIpc) is 2.57. The Morgan fingerprint density at radius 1 is 0.667 bits per heavy atom. The fourth-order valence-electron chi connectivity index (χ4n) is 1.39. The van der Waals surface area contributed by atoms with Crippen molar-refractivity contribution in [3.8, 4) is 0 Å². The van der Waals surface area contributed by atoms with E-state index in [0.29, 0.717) is 52.9 Å². The van der Waals surface area contributed by atoms with Crippen molar-refractivity contribution >= 4 is 7.82 Å². The molecule has 0 fully saturated rings. The Kier molecular flexibility index (Phi) is 17.7. The third kappa shape index (κ3) is 18.3. The summed E-state index contributed by atoms with van der Waals surface area (Å²) in [6.45, 7) is 6.99. The maximum Gasteiger partial charge on any atom is 0.471 e. The van der Waals surface area contributed by atoms with Crippen molar-refractivity contribution in [3.05, 3.63) is 0 Å². The molecular weight excluding hydrogens is 343 g/mol. The maximum absolute atomic E-state index is 10.9. The molecule has 0 aliphatic carbocycles. The van der Waals surface area contributed by atoms with Crippen LogP contribution in [-0.4, -0.2) is 84.7 Å². The van der Waals surface area contributed by atoms with E-state index in [0.717, 1.165) is 20.1 Å². The van der Waals surface area contributed by atoms with Gasteiger partial charge in [-0.3, -0.25) is 9.05 Å². The van der Waals surface area contributed by atoms with E-state index in [-0.39, 0.29) is 13.2 Å². The van der Waals surface area contributed by atoms with Crippen LogP contribution in [0.1, 0.15) is 13.3 Å². The van der Waals surface area contributed by atoms with Gasteiger partial charge in [-0.05, 0) is 6.42 Å². The summed E-state index contributed by atoms with van der Waals surface area (Å²) in [6, 6.07) is 0. The molecular formula is C14H31O9P. The van der Waals surface area contributed by atoms with Crippen LogP contribution in [0.3, 0.4) is 0 Å². The van der Waals surface area contributed by atoms with Crippen molar-refractivity contribution in [2.24, 2.45) is 0 Å². The molecule has 0 saturated carbocycles. The van der Waals surface area contributed by atoms with Crippen molar-refractivity contribution < 1.29 is 42.2 Å². The van der Waals surface area contributed by atoms with E-state index in [9.17, 15) is 4.57 Å². The minimum atomic E-state index is -3.91. The first-order valence-corrected chi connectivity index (χ1v) is 9.53. The summed E-state index contributed by atoms with van der Waals surface area (Å²) < 4.78 is 46.2. The normalized spacial score (nSPS) is 14.0. The Balaban J connectivity index is 3.06. The monoisotopic (exact) mass is 374 g/mol. The molecule has 10 heteroatoms. The summed E-state index contributed by atoms with van der Waals surface area (Å²) in [4.78, 5) is 8.95. The smallest absolute Gasteiger partial charge is 0.379 e. The van der Waals surface area contributed by atoms with E-state index in [1.54, 1.807) is 0 Å². The molecule has 0 saturated heterocycles. The van der Waals surface area contributed by atoms with Crippen LogP contribution in [0.2, 0.25) is 0 Å². The topological polar surface area (TPSA) is 102 Å². The predicted molar refractivity (Wildman–Crippen MR) is 87.2 cm³/mol. The van der Waals surface area contributed by atoms with E-state index in [2.05, 4.69) is 16.0 Å². The molecule has 0 heterocycles. The lowest BCUT2D eigenvalue weighted by atomic mass is 10.5. The number of phosphoric ester groups is 1. The van der Waals surface area contributed by atoms with Gasteiger partial charge >= 0.3 is 7.82 Å². The Morgan fingerprint density at radius 2 is 1.00 bits per heavy atom. The van der Waals surface area contributed by atoms with Crippen LogP contribution in [0, 0.1) is 0 Å². The summed E-state index contributed by atoms with van der Waals surface area (Å²) >= 11 is 0. The van der Waals surface area contributed by atoms with Crippen LogP contribution in [-0.2, 0) is 37.3 Å². The second-order valence-electron chi connectivity index (χ2n) is 4.55. The lowest BCUT2D eigenvalue weighted by Crippen LogP contribution is -2.14. The molecule has 0 aromatic carbocycles. The largest absolute Gasteiger partial charge is 0.471 e. The molecule has 24 heavy (non-hydrogen) atoms. The predicted octanol–water partition coefficient (Wildman–Crippen LogP) is 1.24. The number of phosphoric acid groups is 1. The van der Waals surface area contributed by atoms with Crippen molar-refractivity contribution in [2.45, 2.75) is 13.3 Å². The van der Waals surface area contributed by atoms with Gasteiger partial charge in [-0.1, -0.05) is 6.92 Å². The van der Waals surface area contributed by atoms with E-state index < -0.39 is 7.82 Å². The van der Waals surface area contributed by atoms with Crippen molar-refractivity contribution in [1.82, 2.24) is 0 Å². The third-order valence-corrected chi connectivity index (χ3v) is 3.52.